The van der Waals surface area contributed by atoms with E-state index in [0.717, 1.165) is 5.69 Å². The first-order valence-electron chi connectivity index (χ1n) is 3.01. The number of carbonyl (C=O) groups is 1. The van der Waals surface area contributed by atoms with Crippen molar-refractivity contribution in [2.45, 2.75) is 13.5 Å². The Hall–Kier alpha value is -0.840. The third-order valence-corrected chi connectivity index (χ3v) is 1.78. The fourth-order valence-electron chi connectivity index (χ4n) is 0.753. The molecule has 0 radical (unpaired) electrons. The molecule has 0 saturated heterocycles. The van der Waals surface area contributed by atoms with Crippen molar-refractivity contribution in [3.63, 3.8) is 0 Å². The molecule has 0 aliphatic rings. The van der Waals surface area contributed by atoms with Crippen molar-refractivity contribution < 1.29 is 9.90 Å². The highest BCUT2D eigenvalue weighted by molar-refractivity contribution is 9.10. The minimum atomic E-state index is -0.895. The minimum absolute atomic E-state index is 0.103. The number of carboxylic acid groups (broad SMARTS) is 1. The van der Waals surface area contributed by atoms with E-state index in [1.807, 2.05) is 6.92 Å². The number of aliphatic carboxylic acids is 1. The summed E-state index contributed by atoms with van der Waals surface area (Å²) >= 11 is 3.18. The van der Waals surface area contributed by atoms with Crippen LogP contribution in [0.15, 0.2) is 10.7 Å². The Bertz CT molecular complexity index is 282. The van der Waals surface area contributed by atoms with Gasteiger partial charge in [0.1, 0.15) is 11.1 Å². The number of aromatic nitrogens is 2. The summed E-state index contributed by atoms with van der Waals surface area (Å²) in [6.45, 7) is 1.71. The zero-order chi connectivity index (χ0) is 8.43. The van der Waals surface area contributed by atoms with E-state index < -0.39 is 5.97 Å². The first-order chi connectivity index (χ1) is 5.09. The molecule has 0 amide bonds. The van der Waals surface area contributed by atoms with Crippen LogP contribution in [0.4, 0.5) is 0 Å². The maximum absolute atomic E-state index is 10.2. The van der Waals surface area contributed by atoms with Gasteiger partial charge >= 0.3 is 5.97 Å². The lowest BCUT2D eigenvalue weighted by Crippen LogP contribution is -2.10. The summed E-state index contributed by atoms with van der Waals surface area (Å²) in [5.74, 6) is -0.895. The molecule has 1 heterocycles. The topological polar surface area (TPSA) is 55.1 Å². The van der Waals surface area contributed by atoms with Gasteiger partial charge in [0.15, 0.2) is 0 Å². The number of halogens is 1. The summed E-state index contributed by atoms with van der Waals surface area (Å²) < 4.78 is 2.08. The Morgan fingerprint density at radius 2 is 2.55 bits per heavy atom. The van der Waals surface area contributed by atoms with E-state index in [0.29, 0.717) is 4.60 Å². The number of rotatable bonds is 2. The molecule has 60 valence electrons. The first kappa shape index (κ1) is 8.26. The van der Waals surface area contributed by atoms with Crippen molar-refractivity contribution in [1.29, 1.82) is 0 Å². The highest BCUT2D eigenvalue weighted by Crippen LogP contribution is 2.10. The molecular formula is C6H7BrN2O2. The molecule has 1 N–H and O–H groups in total. The highest BCUT2D eigenvalue weighted by atomic mass is 79.9. The quantitative estimate of drug-likeness (QED) is 0.808. The molecule has 0 aliphatic heterocycles. The molecule has 0 atom stereocenters. The summed E-state index contributed by atoms with van der Waals surface area (Å²) in [7, 11) is 0. The van der Waals surface area contributed by atoms with E-state index in [2.05, 4.69) is 21.0 Å². The Balaban J connectivity index is 2.85. The maximum Gasteiger partial charge on any atom is 0.325 e. The smallest absolute Gasteiger partial charge is 0.325 e. The molecular weight excluding hydrogens is 212 g/mol. The second-order valence-electron chi connectivity index (χ2n) is 2.16. The van der Waals surface area contributed by atoms with E-state index >= 15 is 0 Å². The van der Waals surface area contributed by atoms with Gasteiger partial charge < -0.3 is 5.11 Å². The molecule has 1 aromatic rings. The van der Waals surface area contributed by atoms with Gasteiger partial charge in [0, 0.05) is 0 Å². The summed E-state index contributed by atoms with van der Waals surface area (Å²) in [6.07, 6.45) is 0. The van der Waals surface area contributed by atoms with Crippen molar-refractivity contribution in [2.75, 3.05) is 0 Å². The van der Waals surface area contributed by atoms with Gasteiger partial charge in [-0.15, -0.1) is 0 Å². The monoisotopic (exact) mass is 218 g/mol. The van der Waals surface area contributed by atoms with E-state index in [4.69, 9.17) is 5.11 Å². The van der Waals surface area contributed by atoms with Crippen LogP contribution in [0.3, 0.4) is 0 Å². The zero-order valence-corrected chi connectivity index (χ0v) is 7.50. The molecule has 0 bridgehead atoms. The molecule has 0 unspecified atom stereocenters. The SMILES string of the molecule is Cc1cc(Br)n(CC(=O)O)n1. The Morgan fingerprint density at radius 1 is 1.91 bits per heavy atom. The summed E-state index contributed by atoms with van der Waals surface area (Å²) in [6, 6.07) is 1.77. The van der Waals surface area contributed by atoms with Crippen LogP contribution in [0.1, 0.15) is 5.69 Å². The van der Waals surface area contributed by atoms with Crippen LogP contribution in [-0.2, 0) is 11.3 Å². The summed E-state index contributed by atoms with van der Waals surface area (Å²) in [4.78, 5) is 10.2. The van der Waals surface area contributed by atoms with E-state index in [1.165, 1.54) is 4.68 Å². The summed E-state index contributed by atoms with van der Waals surface area (Å²) in [5, 5.41) is 12.4. The van der Waals surface area contributed by atoms with Crippen molar-refractivity contribution in [1.82, 2.24) is 9.78 Å². The molecule has 1 aromatic heterocycles. The third kappa shape index (κ3) is 2.04. The van der Waals surface area contributed by atoms with Gasteiger partial charge in [0.05, 0.1) is 5.69 Å². The molecule has 11 heavy (non-hydrogen) atoms. The van der Waals surface area contributed by atoms with Crippen molar-refractivity contribution in [3.8, 4) is 0 Å². The lowest BCUT2D eigenvalue weighted by Gasteiger charge is -1.96. The van der Waals surface area contributed by atoms with Gasteiger partial charge in [0.2, 0.25) is 0 Å². The molecule has 0 fully saturated rings. The predicted octanol–water partition coefficient (Wildman–Crippen LogP) is 1.04. The van der Waals surface area contributed by atoms with Gasteiger partial charge in [-0.25, -0.2) is 4.68 Å². The van der Waals surface area contributed by atoms with Crippen molar-refractivity contribution in [3.05, 3.63) is 16.4 Å². The fraction of sp³-hybridized carbons (Fsp3) is 0.333. The van der Waals surface area contributed by atoms with Crippen LogP contribution < -0.4 is 0 Å². The average Bonchev–Trinajstić information content (AvgIpc) is 2.09. The van der Waals surface area contributed by atoms with E-state index in [9.17, 15) is 4.79 Å². The lowest BCUT2D eigenvalue weighted by molar-refractivity contribution is -0.137. The maximum atomic E-state index is 10.2. The number of aryl methyl sites for hydroxylation is 1. The van der Waals surface area contributed by atoms with Crippen LogP contribution in [0, 0.1) is 6.92 Å². The standard InChI is InChI=1S/C6H7BrN2O2/c1-4-2-5(7)9(8-4)3-6(10)11/h2H,3H2,1H3,(H,10,11). The number of hydrogen-bond donors (Lipinski definition) is 1. The van der Waals surface area contributed by atoms with Crippen molar-refractivity contribution >= 4 is 21.9 Å². The largest absolute Gasteiger partial charge is 0.480 e. The molecule has 0 aromatic carbocycles. The van der Waals surface area contributed by atoms with Crippen LogP contribution in [0.2, 0.25) is 0 Å². The average molecular weight is 219 g/mol. The molecule has 0 spiro atoms. The van der Waals surface area contributed by atoms with E-state index in [-0.39, 0.29) is 6.54 Å². The molecule has 1 rings (SSSR count). The fourth-order valence-corrected chi connectivity index (χ4v) is 1.29. The van der Waals surface area contributed by atoms with Crippen LogP contribution in [0.5, 0.6) is 0 Å². The van der Waals surface area contributed by atoms with E-state index in [1.54, 1.807) is 6.07 Å². The lowest BCUT2D eigenvalue weighted by atomic mass is 10.5. The number of hydrogen-bond acceptors (Lipinski definition) is 2. The predicted molar refractivity (Wildman–Crippen MR) is 42.3 cm³/mol. The van der Waals surface area contributed by atoms with Crippen LogP contribution in [-0.4, -0.2) is 20.9 Å². The second-order valence-corrected chi connectivity index (χ2v) is 2.97. The second kappa shape index (κ2) is 3.04. The van der Waals surface area contributed by atoms with Gasteiger partial charge in [-0.3, -0.25) is 4.79 Å². The van der Waals surface area contributed by atoms with Gasteiger partial charge in [-0.05, 0) is 28.9 Å². The van der Waals surface area contributed by atoms with Crippen molar-refractivity contribution in [2.24, 2.45) is 0 Å². The Kier molecular flexibility index (Phi) is 2.28. The van der Waals surface area contributed by atoms with Crippen LogP contribution in [0.25, 0.3) is 0 Å². The molecule has 5 heteroatoms. The first-order valence-corrected chi connectivity index (χ1v) is 3.80. The molecule has 0 aliphatic carbocycles. The zero-order valence-electron chi connectivity index (χ0n) is 5.91. The normalized spacial score (nSPS) is 10.0. The molecule has 0 saturated carbocycles. The Morgan fingerprint density at radius 3 is 2.91 bits per heavy atom. The van der Waals surface area contributed by atoms with Gasteiger partial charge in [-0.2, -0.15) is 5.10 Å². The third-order valence-electron chi connectivity index (χ3n) is 1.14. The van der Waals surface area contributed by atoms with Gasteiger partial charge in [-0.1, -0.05) is 0 Å². The highest BCUT2D eigenvalue weighted by Gasteiger charge is 2.04. The Labute approximate surface area is 72.0 Å². The summed E-state index contributed by atoms with van der Waals surface area (Å²) in [5.41, 5.74) is 0.804. The van der Waals surface area contributed by atoms with Crippen LogP contribution >= 0.6 is 15.9 Å². The van der Waals surface area contributed by atoms with Gasteiger partial charge in [0.25, 0.3) is 0 Å². The minimum Gasteiger partial charge on any atom is -0.480 e. The molecule has 4 nitrogen and oxygen atoms in total. The number of carboxylic acids is 1. The number of nitrogens with zero attached hydrogens (tertiary/aromatic N) is 2.